The zero-order valence-electron chi connectivity index (χ0n) is 16.0. The van der Waals surface area contributed by atoms with Crippen molar-refractivity contribution >= 4 is 11.8 Å². The molecule has 8 atom stereocenters. The Kier molecular flexibility index (Phi) is 6.18. The molecule has 2 fully saturated rings. The second-order valence-electron chi connectivity index (χ2n) is 8.48. The van der Waals surface area contributed by atoms with E-state index < -0.39 is 30.4 Å². The molecule has 0 aromatic carbocycles. The number of aliphatic hydroxyl groups excluding tert-OH is 1. The van der Waals surface area contributed by atoms with Crippen LogP contribution in [-0.2, 0) is 9.59 Å². The molecule has 0 aromatic rings. The summed E-state index contributed by atoms with van der Waals surface area (Å²) < 4.78 is 27.4. The smallest absolute Gasteiger partial charge is 0.247 e. The van der Waals surface area contributed by atoms with Crippen LogP contribution in [-0.4, -0.2) is 47.5 Å². The van der Waals surface area contributed by atoms with Crippen LogP contribution in [0.3, 0.4) is 0 Å². The minimum atomic E-state index is -1.26. The van der Waals surface area contributed by atoms with Gasteiger partial charge in [-0.2, -0.15) is 0 Å². The van der Waals surface area contributed by atoms with E-state index in [9.17, 15) is 23.5 Å². The molecule has 27 heavy (non-hydrogen) atoms. The van der Waals surface area contributed by atoms with Crippen molar-refractivity contribution in [2.75, 3.05) is 0 Å². The average molecular weight is 384 g/mol. The number of nitrogens with one attached hydrogen (secondary N) is 2. The van der Waals surface area contributed by atoms with Crippen LogP contribution in [0.15, 0.2) is 11.6 Å². The normalized spacial score (nSPS) is 40.4. The van der Waals surface area contributed by atoms with Gasteiger partial charge in [0.15, 0.2) is 0 Å². The van der Waals surface area contributed by atoms with E-state index in [-0.39, 0.29) is 42.5 Å². The Morgan fingerprint density at radius 2 is 2.07 bits per heavy atom. The number of rotatable bonds is 4. The molecule has 2 aliphatic carbocycles. The lowest BCUT2D eigenvalue weighted by atomic mass is 9.72. The lowest BCUT2D eigenvalue weighted by Crippen LogP contribution is -2.52. The van der Waals surface area contributed by atoms with E-state index in [1.165, 1.54) is 0 Å². The van der Waals surface area contributed by atoms with Crippen molar-refractivity contribution in [3.63, 3.8) is 0 Å². The van der Waals surface area contributed by atoms with Crippen LogP contribution in [0.2, 0.25) is 0 Å². The second kappa shape index (κ2) is 8.25. The highest BCUT2D eigenvalue weighted by Crippen LogP contribution is 2.35. The highest BCUT2D eigenvalue weighted by atomic mass is 19.1. The van der Waals surface area contributed by atoms with Crippen molar-refractivity contribution in [1.29, 1.82) is 0 Å². The standard InChI is InChI=1S/C20H30F2N2O3/c1-10-15-7-12(20(27)24-17(15)5-6-18(10)25)8-19(26)23-11(2)14-4-3-13(21)9-16(14)22/h7,10-11,13-18,25H,3-6,8-9H2,1-2H3,(H,23,26)(H,24,27)/t10?,11-,13?,14?,15?,16?,17?,18?/m0/s1. The fraction of sp³-hybridized carbons (Fsp3) is 0.800. The van der Waals surface area contributed by atoms with Gasteiger partial charge >= 0.3 is 0 Å². The predicted molar refractivity (Wildman–Crippen MR) is 97.3 cm³/mol. The molecule has 0 spiro atoms. The predicted octanol–water partition coefficient (Wildman–Crippen LogP) is 2.19. The number of fused-ring (bicyclic) bond motifs is 1. The summed E-state index contributed by atoms with van der Waals surface area (Å²) in [6.07, 6.45) is 1.00. The second-order valence-corrected chi connectivity index (χ2v) is 8.48. The molecule has 2 saturated carbocycles. The first kappa shape index (κ1) is 20.2. The van der Waals surface area contributed by atoms with Gasteiger partial charge in [0.25, 0.3) is 0 Å². The number of hydrogen-bond donors (Lipinski definition) is 3. The molecule has 7 heteroatoms. The van der Waals surface area contributed by atoms with E-state index in [4.69, 9.17) is 0 Å². The van der Waals surface area contributed by atoms with E-state index in [1.807, 2.05) is 13.0 Å². The third-order valence-corrected chi connectivity index (χ3v) is 6.59. The van der Waals surface area contributed by atoms with Gasteiger partial charge in [-0.15, -0.1) is 0 Å². The van der Waals surface area contributed by atoms with Crippen molar-refractivity contribution in [1.82, 2.24) is 10.6 Å². The van der Waals surface area contributed by atoms with Gasteiger partial charge in [0.05, 0.1) is 12.5 Å². The first-order valence-electron chi connectivity index (χ1n) is 10.0. The van der Waals surface area contributed by atoms with E-state index in [1.54, 1.807) is 6.92 Å². The number of halogens is 2. The largest absolute Gasteiger partial charge is 0.393 e. The molecule has 2 amide bonds. The molecule has 3 aliphatic rings. The molecule has 3 rings (SSSR count). The van der Waals surface area contributed by atoms with Crippen molar-refractivity contribution < 1.29 is 23.5 Å². The highest BCUT2D eigenvalue weighted by Gasteiger charge is 2.39. The van der Waals surface area contributed by atoms with Crippen LogP contribution < -0.4 is 10.6 Å². The summed E-state index contributed by atoms with van der Waals surface area (Å²) in [6, 6.07) is -0.403. The van der Waals surface area contributed by atoms with Crippen LogP contribution in [0, 0.1) is 17.8 Å². The summed E-state index contributed by atoms with van der Waals surface area (Å²) in [5.74, 6) is -0.941. The van der Waals surface area contributed by atoms with Gasteiger partial charge in [-0.05, 0) is 38.5 Å². The van der Waals surface area contributed by atoms with Crippen LogP contribution in [0.4, 0.5) is 8.78 Å². The van der Waals surface area contributed by atoms with Gasteiger partial charge in [-0.25, -0.2) is 8.78 Å². The maximum Gasteiger partial charge on any atom is 0.247 e. The SMILES string of the molecule is CC1C(O)CCC2NC(=O)C(CC(=O)N[C@@H](C)C3CCC(F)CC3F)=CC21. The van der Waals surface area contributed by atoms with Crippen molar-refractivity contribution in [3.8, 4) is 0 Å². The quantitative estimate of drug-likeness (QED) is 0.695. The number of aliphatic hydroxyl groups is 1. The molecule has 3 N–H and O–H groups in total. The van der Waals surface area contributed by atoms with Crippen molar-refractivity contribution in [2.24, 2.45) is 17.8 Å². The number of carbonyl (C=O) groups is 2. The van der Waals surface area contributed by atoms with Crippen LogP contribution >= 0.6 is 0 Å². The van der Waals surface area contributed by atoms with Gasteiger partial charge in [-0.1, -0.05) is 13.0 Å². The third-order valence-electron chi connectivity index (χ3n) is 6.59. The van der Waals surface area contributed by atoms with Crippen LogP contribution in [0.5, 0.6) is 0 Å². The third kappa shape index (κ3) is 4.50. The fourth-order valence-corrected chi connectivity index (χ4v) is 4.81. The first-order valence-corrected chi connectivity index (χ1v) is 10.0. The van der Waals surface area contributed by atoms with Gasteiger partial charge in [0.2, 0.25) is 11.8 Å². The molecule has 0 saturated heterocycles. The maximum absolute atomic E-state index is 14.1. The summed E-state index contributed by atoms with van der Waals surface area (Å²) >= 11 is 0. The molecular formula is C20H30F2N2O3. The molecular weight excluding hydrogens is 354 g/mol. The molecule has 5 nitrogen and oxygen atoms in total. The Balaban J connectivity index is 1.59. The van der Waals surface area contributed by atoms with Crippen LogP contribution in [0.25, 0.3) is 0 Å². The topological polar surface area (TPSA) is 78.4 Å². The van der Waals surface area contributed by atoms with E-state index in [0.29, 0.717) is 24.8 Å². The Hall–Kier alpha value is -1.50. The summed E-state index contributed by atoms with van der Waals surface area (Å²) in [4.78, 5) is 24.7. The monoisotopic (exact) mass is 384 g/mol. The Bertz CT molecular complexity index is 612. The zero-order valence-corrected chi connectivity index (χ0v) is 16.0. The molecule has 1 heterocycles. The lowest BCUT2D eigenvalue weighted by molar-refractivity contribution is -0.125. The summed E-state index contributed by atoms with van der Waals surface area (Å²) in [5.41, 5.74) is 0.395. The van der Waals surface area contributed by atoms with Gasteiger partial charge in [0.1, 0.15) is 12.3 Å². The average Bonchev–Trinajstić information content (AvgIpc) is 2.59. The molecule has 0 aromatic heterocycles. The van der Waals surface area contributed by atoms with Gasteiger partial charge in [-0.3, -0.25) is 9.59 Å². The Labute approximate surface area is 159 Å². The zero-order chi connectivity index (χ0) is 19.7. The molecule has 0 radical (unpaired) electrons. The number of hydrogen-bond acceptors (Lipinski definition) is 3. The maximum atomic E-state index is 14.1. The fourth-order valence-electron chi connectivity index (χ4n) is 4.81. The summed E-state index contributed by atoms with van der Waals surface area (Å²) in [6.45, 7) is 3.69. The highest BCUT2D eigenvalue weighted by molar-refractivity contribution is 5.99. The summed E-state index contributed by atoms with van der Waals surface area (Å²) in [7, 11) is 0. The van der Waals surface area contributed by atoms with Crippen molar-refractivity contribution in [2.45, 2.75) is 82.9 Å². The number of carbonyl (C=O) groups excluding carboxylic acids is 2. The summed E-state index contributed by atoms with van der Waals surface area (Å²) in [5, 5.41) is 15.8. The molecule has 152 valence electrons. The minimum Gasteiger partial charge on any atom is -0.393 e. The van der Waals surface area contributed by atoms with E-state index in [0.717, 1.165) is 6.42 Å². The van der Waals surface area contributed by atoms with E-state index >= 15 is 0 Å². The van der Waals surface area contributed by atoms with Crippen molar-refractivity contribution in [3.05, 3.63) is 11.6 Å². The number of alkyl halides is 2. The Morgan fingerprint density at radius 1 is 1.33 bits per heavy atom. The minimum absolute atomic E-state index is 0.00446. The van der Waals surface area contributed by atoms with E-state index in [2.05, 4.69) is 10.6 Å². The molecule has 0 bridgehead atoms. The van der Waals surface area contributed by atoms with Crippen LogP contribution in [0.1, 0.15) is 52.4 Å². The molecule has 7 unspecified atom stereocenters. The van der Waals surface area contributed by atoms with Gasteiger partial charge in [0, 0.05) is 35.9 Å². The lowest BCUT2D eigenvalue weighted by Gasteiger charge is -2.41. The first-order chi connectivity index (χ1) is 12.8. The molecule has 1 aliphatic heterocycles. The Morgan fingerprint density at radius 3 is 2.78 bits per heavy atom. The number of amides is 2. The van der Waals surface area contributed by atoms with Gasteiger partial charge < -0.3 is 15.7 Å².